The van der Waals surface area contributed by atoms with E-state index in [9.17, 15) is 13.2 Å². The topological polar surface area (TPSA) is 82.1 Å². The molecule has 0 atom stereocenters. The Morgan fingerprint density at radius 2 is 1.52 bits per heavy atom. The van der Waals surface area contributed by atoms with Crippen LogP contribution in [0.15, 0.2) is 53.4 Å². The van der Waals surface area contributed by atoms with E-state index in [1.807, 2.05) is 6.92 Å². The first-order valence-corrected chi connectivity index (χ1v) is 9.91. The van der Waals surface area contributed by atoms with E-state index in [1.54, 1.807) is 43.3 Å². The van der Waals surface area contributed by atoms with Gasteiger partial charge in [-0.05, 0) is 62.4 Å². The average Bonchev–Trinajstić information content (AvgIpc) is 2.67. The van der Waals surface area contributed by atoms with Crippen LogP contribution in [0.1, 0.15) is 13.8 Å². The van der Waals surface area contributed by atoms with E-state index in [4.69, 9.17) is 14.2 Å². The smallest absolute Gasteiger partial charge is 0.326 e. The van der Waals surface area contributed by atoms with Gasteiger partial charge in [-0.1, -0.05) is 0 Å². The van der Waals surface area contributed by atoms with E-state index in [2.05, 4.69) is 0 Å². The van der Waals surface area contributed by atoms with Crippen molar-refractivity contribution in [1.29, 1.82) is 0 Å². The van der Waals surface area contributed by atoms with Gasteiger partial charge in [0.05, 0.1) is 30.9 Å². The molecule has 2 aromatic rings. The van der Waals surface area contributed by atoms with Gasteiger partial charge in [0, 0.05) is 0 Å². The van der Waals surface area contributed by atoms with E-state index >= 15 is 0 Å². The molecule has 0 saturated carbocycles. The number of nitrogens with zero attached hydrogens (tertiary/aromatic N) is 1. The highest BCUT2D eigenvalue weighted by Crippen LogP contribution is 2.27. The van der Waals surface area contributed by atoms with Gasteiger partial charge in [-0.3, -0.25) is 9.10 Å². The summed E-state index contributed by atoms with van der Waals surface area (Å²) in [5.74, 6) is 0.509. The molecule has 0 unspecified atom stereocenters. The van der Waals surface area contributed by atoms with Gasteiger partial charge in [-0.2, -0.15) is 0 Å². The third-order valence-corrected chi connectivity index (χ3v) is 5.45. The number of benzene rings is 2. The van der Waals surface area contributed by atoms with Gasteiger partial charge in [0.2, 0.25) is 0 Å². The van der Waals surface area contributed by atoms with Crippen LogP contribution in [0.5, 0.6) is 11.5 Å². The zero-order valence-electron chi connectivity index (χ0n) is 15.5. The van der Waals surface area contributed by atoms with Gasteiger partial charge in [0.1, 0.15) is 18.0 Å². The number of hydrogen-bond donors (Lipinski definition) is 0. The van der Waals surface area contributed by atoms with Crippen LogP contribution in [0.3, 0.4) is 0 Å². The molecule has 2 aromatic carbocycles. The van der Waals surface area contributed by atoms with Crippen molar-refractivity contribution in [2.75, 3.05) is 31.2 Å². The third-order valence-electron chi connectivity index (χ3n) is 3.66. The molecule has 0 N–H and O–H groups in total. The summed E-state index contributed by atoms with van der Waals surface area (Å²) in [7, 11) is -2.48. The largest absolute Gasteiger partial charge is 0.497 e. The predicted octanol–water partition coefficient (Wildman–Crippen LogP) is 2.85. The second kappa shape index (κ2) is 9.27. The molecule has 2 rings (SSSR count). The summed E-state index contributed by atoms with van der Waals surface area (Å²) in [5.41, 5.74) is 0.335. The maximum Gasteiger partial charge on any atom is 0.326 e. The lowest BCUT2D eigenvalue weighted by Crippen LogP contribution is -2.36. The summed E-state index contributed by atoms with van der Waals surface area (Å²) in [6.45, 7) is 3.75. The zero-order valence-corrected chi connectivity index (χ0v) is 16.4. The molecule has 0 fully saturated rings. The molecular formula is C19H23NO6S. The van der Waals surface area contributed by atoms with Crippen molar-refractivity contribution in [3.8, 4) is 11.5 Å². The summed E-state index contributed by atoms with van der Waals surface area (Å²) in [6, 6.07) is 12.4. The minimum Gasteiger partial charge on any atom is -0.497 e. The van der Waals surface area contributed by atoms with Crippen LogP contribution in [-0.4, -0.2) is 41.3 Å². The van der Waals surface area contributed by atoms with Crippen LogP contribution in [0.2, 0.25) is 0 Å². The molecule has 8 heteroatoms. The van der Waals surface area contributed by atoms with Crippen molar-refractivity contribution in [2.24, 2.45) is 0 Å². The Labute approximate surface area is 159 Å². The first-order chi connectivity index (χ1) is 12.9. The lowest BCUT2D eigenvalue weighted by Gasteiger charge is -2.24. The first kappa shape index (κ1) is 20.6. The molecule has 0 spiro atoms. The highest BCUT2D eigenvalue weighted by atomic mass is 32.2. The number of rotatable bonds is 9. The summed E-state index contributed by atoms with van der Waals surface area (Å²) >= 11 is 0. The molecule has 0 aliphatic rings. The molecule has 0 radical (unpaired) electrons. The number of anilines is 1. The van der Waals surface area contributed by atoms with E-state index in [0.29, 0.717) is 23.8 Å². The molecule has 0 aliphatic heterocycles. The van der Waals surface area contributed by atoms with E-state index in [-0.39, 0.29) is 11.5 Å². The minimum absolute atomic E-state index is 0.0430. The number of carbonyl (C=O) groups is 1. The number of methoxy groups -OCH3 is 1. The van der Waals surface area contributed by atoms with Crippen LogP contribution in [-0.2, 0) is 19.6 Å². The number of carbonyl (C=O) groups excluding carboxylic acids is 1. The van der Waals surface area contributed by atoms with E-state index in [1.165, 1.54) is 19.2 Å². The predicted molar refractivity (Wildman–Crippen MR) is 102 cm³/mol. The van der Waals surface area contributed by atoms with Gasteiger partial charge in [-0.25, -0.2) is 8.42 Å². The molecule has 0 heterocycles. The lowest BCUT2D eigenvalue weighted by atomic mass is 10.3. The van der Waals surface area contributed by atoms with Gasteiger partial charge in [0.25, 0.3) is 10.0 Å². The second-order valence-corrected chi connectivity index (χ2v) is 7.28. The van der Waals surface area contributed by atoms with Crippen LogP contribution in [0.25, 0.3) is 0 Å². The Kier molecular flexibility index (Phi) is 7.06. The van der Waals surface area contributed by atoms with Crippen molar-refractivity contribution in [1.82, 2.24) is 0 Å². The lowest BCUT2D eigenvalue weighted by molar-refractivity contribution is -0.141. The minimum atomic E-state index is -3.98. The Bertz CT molecular complexity index is 847. The van der Waals surface area contributed by atoms with Crippen LogP contribution >= 0.6 is 0 Å². The Morgan fingerprint density at radius 3 is 2.04 bits per heavy atom. The highest BCUT2D eigenvalue weighted by molar-refractivity contribution is 7.92. The second-order valence-electron chi connectivity index (χ2n) is 5.42. The molecule has 0 aliphatic carbocycles. The Morgan fingerprint density at radius 1 is 0.926 bits per heavy atom. The average molecular weight is 393 g/mol. The maximum atomic E-state index is 13.1. The fourth-order valence-corrected chi connectivity index (χ4v) is 3.80. The normalized spacial score (nSPS) is 10.9. The number of sulfonamides is 1. The standard InChI is InChI=1S/C19H23NO6S/c1-4-25-17-8-6-15(7-9-17)20(14-19(21)26-5-2)27(22,23)18-12-10-16(24-3)11-13-18/h6-13H,4-5,14H2,1-3H3. The summed E-state index contributed by atoms with van der Waals surface area (Å²) < 4.78 is 42.7. The van der Waals surface area contributed by atoms with Crippen molar-refractivity contribution < 1.29 is 27.4 Å². The highest BCUT2D eigenvalue weighted by Gasteiger charge is 2.27. The maximum absolute atomic E-state index is 13.1. The molecule has 0 amide bonds. The fourth-order valence-electron chi connectivity index (χ4n) is 2.39. The van der Waals surface area contributed by atoms with Crippen LogP contribution < -0.4 is 13.8 Å². The summed E-state index contributed by atoms with van der Waals surface area (Å²) in [6.07, 6.45) is 0. The van der Waals surface area contributed by atoms with Crippen molar-refractivity contribution >= 4 is 21.7 Å². The van der Waals surface area contributed by atoms with Gasteiger partial charge < -0.3 is 14.2 Å². The molecule has 146 valence electrons. The molecular weight excluding hydrogens is 370 g/mol. The monoisotopic (exact) mass is 393 g/mol. The zero-order chi connectivity index (χ0) is 19.9. The SMILES string of the molecule is CCOC(=O)CN(c1ccc(OCC)cc1)S(=O)(=O)c1ccc(OC)cc1. The molecule has 0 saturated heterocycles. The number of hydrogen-bond acceptors (Lipinski definition) is 6. The quantitative estimate of drug-likeness (QED) is 0.610. The van der Waals surface area contributed by atoms with Crippen LogP contribution in [0.4, 0.5) is 5.69 Å². The van der Waals surface area contributed by atoms with Crippen molar-refractivity contribution in [3.63, 3.8) is 0 Å². The van der Waals surface area contributed by atoms with E-state index in [0.717, 1.165) is 4.31 Å². The van der Waals surface area contributed by atoms with Gasteiger partial charge >= 0.3 is 5.97 Å². The molecule has 0 aromatic heterocycles. The van der Waals surface area contributed by atoms with Crippen molar-refractivity contribution in [2.45, 2.75) is 18.7 Å². The number of ether oxygens (including phenoxy) is 3. The van der Waals surface area contributed by atoms with E-state index < -0.39 is 22.5 Å². The summed E-state index contributed by atoms with van der Waals surface area (Å²) in [4.78, 5) is 12.0. The summed E-state index contributed by atoms with van der Waals surface area (Å²) in [5, 5.41) is 0. The first-order valence-electron chi connectivity index (χ1n) is 8.47. The van der Waals surface area contributed by atoms with Gasteiger partial charge in [0.15, 0.2) is 0 Å². The van der Waals surface area contributed by atoms with Crippen molar-refractivity contribution in [3.05, 3.63) is 48.5 Å². The molecule has 27 heavy (non-hydrogen) atoms. The van der Waals surface area contributed by atoms with Gasteiger partial charge in [-0.15, -0.1) is 0 Å². The Hall–Kier alpha value is -2.74. The third kappa shape index (κ3) is 5.13. The van der Waals surface area contributed by atoms with Crippen LogP contribution in [0, 0.1) is 0 Å². The fraction of sp³-hybridized carbons (Fsp3) is 0.316. The molecule has 7 nitrogen and oxygen atoms in total. The molecule has 0 bridgehead atoms. The number of esters is 1. The Balaban J connectivity index is 2.41.